The molecule has 0 aliphatic heterocycles. The van der Waals surface area contributed by atoms with Gasteiger partial charge in [-0.1, -0.05) is 73.3 Å². The number of hydrogen-bond donors (Lipinski definition) is 1. The Labute approximate surface area is 162 Å². The van der Waals surface area contributed by atoms with Gasteiger partial charge in [0.2, 0.25) is 0 Å². The van der Waals surface area contributed by atoms with E-state index in [1.165, 1.54) is 5.56 Å². The standard InChI is InChI=1S/C16H14O.C8H14O2/c17-16-12-10-15(11-13-16)9-5-4-8-14-6-2-1-3-7-14;1-6(2)7(9)10-8(3,4)5/h1-13,17H;1H2,2-5H3. The summed E-state index contributed by atoms with van der Waals surface area (Å²) in [6.45, 7) is 10.6. The lowest BCUT2D eigenvalue weighted by atomic mass is 10.2. The van der Waals surface area contributed by atoms with Crippen molar-refractivity contribution in [2.45, 2.75) is 33.3 Å². The molecule has 0 radical (unpaired) electrons. The maximum Gasteiger partial charge on any atom is 0.333 e. The number of benzene rings is 2. The lowest BCUT2D eigenvalue weighted by molar-refractivity contribution is -0.149. The van der Waals surface area contributed by atoms with Crippen LogP contribution < -0.4 is 0 Å². The first-order chi connectivity index (χ1) is 12.7. The second-order valence-electron chi connectivity index (χ2n) is 7.00. The summed E-state index contributed by atoms with van der Waals surface area (Å²) in [6.07, 6.45) is 8.04. The molecule has 0 atom stereocenters. The molecule has 0 aliphatic rings. The molecule has 3 heteroatoms. The van der Waals surface area contributed by atoms with Crippen LogP contribution in [-0.4, -0.2) is 16.7 Å². The molecule has 27 heavy (non-hydrogen) atoms. The third kappa shape index (κ3) is 10.5. The molecule has 0 unspecified atom stereocenters. The van der Waals surface area contributed by atoms with Gasteiger partial charge in [-0.05, 0) is 51.0 Å². The molecule has 0 aliphatic carbocycles. The largest absolute Gasteiger partial charge is 0.508 e. The molecular formula is C24H28O3. The summed E-state index contributed by atoms with van der Waals surface area (Å²) >= 11 is 0. The van der Waals surface area contributed by atoms with Crippen LogP contribution >= 0.6 is 0 Å². The fourth-order valence-corrected chi connectivity index (χ4v) is 1.85. The van der Waals surface area contributed by atoms with Gasteiger partial charge in [-0.25, -0.2) is 4.79 Å². The van der Waals surface area contributed by atoms with Gasteiger partial charge in [0.15, 0.2) is 0 Å². The molecule has 0 aromatic heterocycles. The predicted molar refractivity (Wildman–Crippen MR) is 113 cm³/mol. The zero-order chi connectivity index (χ0) is 20.3. The summed E-state index contributed by atoms with van der Waals surface area (Å²) in [6, 6.07) is 17.3. The van der Waals surface area contributed by atoms with E-state index in [1.807, 2.05) is 69.3 Å². The van der Waals surface area contributed by atoms with E-state index in [4.69, 9.17) is 9.84 Å². The fourth-order valence-electron chi connectivity index (χ4n) is 1.85. The number of phenolic OH excluding ortho intramolecular Hbond substituents is 1. The van der Waals surface area contributed by atoms with Crippen molar-refractivity contribution in [1.82, 2.24) is 0 Å². The summed E-state index contributed by atoms with van der Waals surface area (Å²) in [5, 5.41) is 9.14. The van der Waals surface area contributed by atoms with E-state index in [-0.39, 0.29) is 5.97 Å². The topological polar surface area (TPSA) is 46.5 Å². The zero-order valence-electron chi connectivity index (χ0n) is 16.5. The number of aromatic hydroxyl groups is 1. The Morgan fingerprint density at radius 3 is 1.81 bits per heavy atom. The quantitative estimate of drug-likeness (QED) is 0.410. The number of carbonyl (C=O) groups excluding carboxylic acids is 1. The van der Waals surface area contributed by atoms with Gasteiger partial charge < -0.3 is 9.84 Å². The van der Waals surface area contributed by atoms with Crippen LogP contribution in [0.4, 0.5) is 0 Å². The highest BCUT2D eigenvalue weighted by atomic mass is 16.6. The number of esters is 1. The molecule has 2 aromatic carbocycles. The molecule has 0 bridgehead atoms. The maximum atomic E-state index is 10.8. The molecule has 3 nitrogen and oxygen atoms in total. The van der Waals surface area contributed by atoms with Gasteiger partial charge >= 0.3 is 5.97 Å². The fraction of sp³-hybridized carbons (Fsp3) is 0.208. The normalized spacial score (nSPS) is 11.1. The summed E-state index contributed by atoms with van der Waals surface area (Å²) in [4.78, 5) is 10.8. The third-order valence-electron chi connectivity index (χ3n) is 3.13. The van der Waals surface area contributed by atoms with Gasteiger partial charge in [0.1, 0.15) is 11.4 Å². The van der Waals surface area contributed by atoms with Crippen molar-refractivity contribution < 1.29 is 14.6 Å². The second-order valence-corrected chi connectivity index (χ2v) is 7.00. The molecule has 1 N–H and O–H groups in total. The van der Waals surface area contributed by atoms with Gasteiger partial charge in [0.05, 0.1) is 0 Å². The van der Waals surface area contributed by atoms with Gasteiger partial charge in [0.25, 0.3) is 0 Å². The molecule has 0 fully saturated rings. The van der Waals surface area contributed by atoms with Crippen molar-refractivity contribution in [3.05, 3.63) is 90.0 Å². The summed E-state index contributed by atoms with van der Waals surface area (Å²) in [5.74, 6) is -0.0329. The van der Waals surface area contributed by atoms with E-state index in [2.05, 4.69) is 24.8 Å². The molecule has 142 valence electrons. The maximum absolute atomic E-state index is 10.8. The van der Waals surface area contributed by atoms with Crippen LogP contribution in [0.5, 0.6) is 5.75 Å². The molecule has 0 spiro atoms. The van der Waals surface area contributed by atoms with Gasteiger partial charge in [-0.15, -0.1) is 0 Å². The SMILES string of the molecule is C=C(C)C(=O)OC(C)(C)C.Oc1ccc(C=CC=Cc2ccccc2)cc1. The highest BCUT2D eigenvalue weighted by molar-refractivity contribution is 5.87. The monoisotopic (exact) mass is 364 g/mol. The van der Waals surface area contributed by atoms with Crippen molar-refractivity contribution in [1.29, 1.82) is 0 Å². The molecule has 0 saturated carbocycles. The molecule has 2 aromatic rings. The van der Waals surface area contributed by atoms with Crippen LogP contribution in [0, 0.1) is 0 Å². The first-order valence-electron chi connectivity index (χ1n) is 8.75. The number of phenols is 1. The highest BCUT2D eigenvalue weighted by Crippen LogP contribution is 2.11. The average Bonchev–Trinajstić information content (AvgIpc) is 2.60. The molecule has 2 rings (SSSR count). The number of allylic oxidation sites excluding steroid dienone is 2. The molecule has 0 amide bonds. The van der Waals surface area contributed by atoms with Crippen molar-refractivity contribution in [2.24, 2.45) is 0 Å². The first kappa shape index (κ1) is 22.0. The Balaban J connectivity index is 0.000000314. The van der Waals surface area contributed by atoms with Crippen molar-refractivity contribution in [3.8, 4) is 5.75 Å². The minimum Gasteiger partial charge on any atom is -0.508 e. The van der Waals surface area contributed by atoms with E-state index in [0.717, 1.165) is 5.56 Å². The summed E-state index contributed by atoms with van der Waals surface area (Å²) in [5.41, 5.74) is 2.29. The number of rotatable bonds is 4. The lowest BCUT2D eigenvalue weighted by Crippen LogP contribution is -2.23. The average molecular weight is 364 g/mol. The summed E-state index contributed by atoms with van der Waals surface area (Å²) in [7, 11) is 0. The van der Waals surface area contributed by atoms with E-state index in [1.54, 1.807) is 19.1 Å². The van der Waals surface area contributed by atoms with Crippen molar-refractivity contribution >= 4 is 18.1 Å². The van der Waals surface area contributed by atoms with Crippen molar-refractivity contribution in [2.75, 3.05) is 0 Å². The van der Waals surface area contributed by atoms with Gasteiger partial charge in [-0.3, -0.25) is 0 Å². The van der Waals surface area contributed by atoms with Crippen LogP contribution in [-0.2, 0) is 9.53 Å². The predicted octanol–water partition coefficient (Wildman–Crippen LogP) is 6.02. The van der Waals surface area contributed by atoms with Crippen LogP contribution in [0.25, 0.3) is 12.2 Å². The number of carbonyl (C=O) groups is 1. The Morgan fingerprint density at radius 1 is 0.926 bits per heavy atom. The molecule has 0 saturated heterocycles. The van der Waals surface area contributed by atoms with E-state index in [0.29, 0.717) is 11.3 Å². The first-order valence-corrected chi connectivity index (χ1v) is 8.75. The van der Waals surface area contributed by atoms with Crippen molar-refractivity contribution in [3.63, 3.8) is 0 Å². The van der Waals surface area contributed by atoms with Crippen LogP contribution in [0.1, 0.15) is 38.8 Å². The summed E-state index contributed by atoms with van der Waals surface area (Å²) < 4.78 is 4.96. The van der Waals surface area contributed by atoms with Crippen LogP contribution in [0.3, 0.4) is 0 Å². The third-order valence-corrected chi connectivity index (χ3v) is 3.13. The smallest absolute Gasteiger partial charge is 0.333 e. The van der Waals surface area contributed by atoms with E-state index < -0.39 is 5.60 Å². The minimum atomic E-state index is -0.407. The van der Waals surface area contributed by atoms with E-state index >= 15 is 0 Å². The number of hydrogen-bond acceptors (Lipinski definition) is 3. The van der Waals surface area contributed by atoms with Gasteiger partial charge in [-0.2, -0.15) is 0 Å². The highest BCUT2D eigenvalue weighted by Gasteiger charge is 2.15. The Hall–Kier alpha value is -3.07. The Morgan fingerprint density at radius 2 is 1.41 bits per heavy atom. The van der Waals surface area contributed by atoms with E-state index in [9.17, 15) is 4.79 Å². The Bertz CT molecular complexity index is 777. The molecule has 0 heterocycles. The Kier molecular flexibility index (Phi) is 8.80. The van der Waals surface area contributed by atoms with Crippen LogP contribution in [0.2, 0.25) is 0 Å². The molecular weight excluding hydrogens is 336 g/mol. The number of ether oxygens (including phenoxy) is 1. The van der Waals surface area contributed by atoms with Crippen LogP contribution in [0.15, 0.2) is 78.9 Å². The minimum absolute atomic E-state index is 0.293. The van der Waals surface area contributed by atoms with Gasteiger partial charge in [0, 0.05) is 5.57 Å². The lowest BCUT2D eigenvalue weighted by Gasteiger charge is -2.19. The zero-order valence-corrected chi connectivity index (χ0v) is 16.5. The second kappa shape index (κ2) is 10.8.